The normalized spacial score (nSPS) is 12.4. The van der Waals surface area contributed by atoms with Gasteiger partial charge in [-0.1, -0.05) is 0 Å². The number of rotatable bonds is 2. The molecule has 0 atom stereocenters. The highest BCUT2D eigenvalue weighted by molar-refractivity contribution is 5.47. The average molecular weight is 233 g/mol. The summed E-state index contributed by atoms with van der Waals surface area (Å²) in [6, 6.07) is 5.65. The molecule has 0 fully saturated rings. The molecule has 0 heterocycles. The summed E-state index contributed by atoms with van der Waals surface area (Å²) in [7, 11) is 0. The molecular formula is C11H14F3NO. The molecule has 5 heteroatoms. The predicted octanol–water partition coefficient (Wildman–Crippen LogP) is 3.80. The van der Waals surface area contributed by atoms with Crippen LogP contribution >= 0.6 is 0 Å². The van der Waals surface area contributed by atoms with Crippen LogP contribution in [-0.4, -0.2) is 11.9 Å². The maximum Gasteiger partial charge on any atom is 0.573 e. The topological polar surface area (TPSA) is 21.3 Å². The Balaban J connectivity index is 2.69. The SMILES string of the molecule is CC(C)(C)Nc1ccc(OC(F)(F)F)cc1. The van der Waals surface area contributed by atoms with E-state index in [2.05, 4.69) is 10.1 Å². The summed E-state index contributed by atoms with van der Waals surface area (Å²) >= 11 is 0. The number of nitrogens with one attached hydrogen (secondary N) is 1. The molecule has 0 bridgehead atoms. The Kier molecular flexibility index (Phi) is 3.35. The van der Waals surface area contributed by atoms with Crippen LogP contribution in [0.1, 0.15) is 20.8 Å². The highest BCUT2D eigenvalue weighted by Crippen LogP contribution is 2.24. The molecule has 0 unspecified atom stereocenters. The van der Waals surface area contributed by atoms with Gasteiger partial charge in [0.15, 0.2) is 0 Å². The zero-order valence-corrected chi connectivity index (χ0v) is 9.35. The third-order valence-electron chi connectivity index (χ3n) is 1.61. The van der Waals surface area contributed by atoms with Crippen LogP contribution in [-0.2, 0) is 0 Å². The lowest BCUT2D eigenvalue weighted by molar-refractivity contribution is -0.274. The van der Waals surface area contributed by atoms with Gasteiger partial charge in [-0.15, -0.1) is 13.2 Å². The molecule has 1 N–H and O–H groups in total. The van der Waals surface area contributed by atoms with Crippen molar-refractivity contribution in [2.24, 2.45) is 0 Å². The number of ether oxygens (including phenoxy) is 1. The van der Waals surface area contributed by atoms with Crippen molar-refractivity contribution in [3.63, 3.8) is 0 Å². The maximum absolute atomic E-state index is 11.9. The van der Waals surface area contributed by atoms with Crippen LogP contribution in [0.15, 0.2) is 24.3 Å². The first-order valence-corrected chi connectivity index (χ1v) is 4.80. The molecule has 0 radical (unpaired) electrons. The van der Waals surface area contributed by atoms with E-state index in [1.165, 1.54) is 12.1 Å². The van der Waals surface area contributed by atoms with Crippen molar-refractivity contribution < 1.29 is 17.9 Å². The molecule has 0 amide bonds. The van der Waals surface area contributed by atoms with Crippen molar-refractivity contribution in [3.8, 4) is 5.75 Å². The second-order valence-corrected chi connectivity index (χ2v) is 4.45. The first-order valence-electron chi connectivity index (χ1n) is 4.80. The highest BCUT2D eigenvalue weighted by Gasteiger charge is 2.30. The average Bonchev–Trinajstić information content (AvgIpc) is 2.03. The van der Waals surface area contributed by atoms with Crippen molar-refractivity contribution in [1.29, 1.82) is 0 Å². The van der Waals surface area contributed by atoms with Crippen LogP contribution in [0.4, 0.5) is 18.9 Å². The van der Waals surface area contributed by atoms with Crippen LogP contribution < -0.4 is 10.1 Å². The van der Waals surface area contributed by atoms with Crippen molar-refractivity contribution >= 4 is 5.69 Å². The van der Waals surface area contributed by atoms with Crippen molar-refractivity contribution in [2.75, 3.05) is 5.32 Å². The molecule has 0 saturated carbocycles. The Morgan fingerprint density at radius 3 is 1.88 bits per heavy atom. The van der Waals surface area contributed by atoms with E-state index in [0.29, 0.717) is 0 Å². The minimum atomic E-state index is -4.64. The lowest BCUT2D eigenvalue weighted by Crippen LogP contribution is -2.25. The van der Waals surface area contributed by atoms with Gasteiger partial charge < -0.3 is 10.1 Å². The number of alkyl halides is 3. The first-order chi connectivity index (χ1) is 7.16. The lowest BCUT2D eigenvalue weighted by Gasteiger charge is -2.22. The van der Waals surface area contributed by atoms with Crippen LogP contribution in [0, 0.1) is 0 Å². The minimum absolute atomic E-state index is 0.133. The summed E-state index contributed by atoms with van der Waals surface area (Å²) < 4.78 is 39.4. The molecule has 0 aliphatic heterocycles. The fourth-order valence-electron chi connectivity index (χ4n) is 1.17. The molecular weight excluding hydrogens is 219 g/mol. The van der Waals surface area contributed by atoms with Crippen LogP contribution in [0.5, 0.6) is 5.75 Å². The van der Waals surface area contributed by atoms with E-state index in [4.69, 9.17) is 0 Å². The smallest absolute Gasteiger partial charge is 0.406 e. The Morgan fingerprint density at radius 1 is 1.00 bits per heavy atom. The second-order valence-electron chi connectivity index (χ2n) is 4.45. The summed E-state index contributed by atoms with van der Waals surface area (Å²) in [5.41, 5.74) is 0.619. The minimum Gasteiger partial charge on any atom is -0.406 e. The van der Waals surface area contributed by atoms with Crippen molar-refractivity contribution in [3.05, 3.63) is 24.3 Å². The first kappa shape index (κ1) is 12.7. The summed E-state index contributed by atoms with van der Waals surface area (Å²) in [6.45, 7) is 5.90. The van der Waals surface area contributed by atoms with Crippen LogP contribution in [0.2, 0.25) is 0 Å². The third kappa shape index (κ3) is 4.91. The van der Waals surface area contributed by atoms with Crippen LogP contribution in [0.3, 0.4) is 0 Å². The standard InChI is InChI=1S/C11H14F3NO/c1-10(2,3)15-8-4-6-9(7-5-8)16-11(12,13)14/h4-7,15H,1-3H3. The van der Waals surface area contributed by atoms with Gasteiger partial charge in [0.1, 0.15) is 5.75 Å². The number of anilines is 1. The van der Waals surface area contributed by atoms with E-state index in [9.17, 15) is 13.2 Å². The molecule has 1 aromatic carbocycles. The molecule has 0 aliphatic carbocycles. The van der Waals surface area contributed by atoms with Gasteiger partial charge in [-0.2, -0.15) is 0 Å². The molecule has 2 nitrogen and oxygen atoms in total. The fraction of sp³-hybridized carbons (Fsp3) is 0.455. The number of benzene rings is 1. The van der Waals surface area contributed by atoms with Crippen molar-refractivity contribution in [1.82, 2.24) is 0 Å². The van der Waals surface area contributed by atoms with Crippen LogP contribution in [0.25, 0.3) is 0 Å². The van der Waals surface area contributed by atoms with Crippen molar-refractivity contribution in [2.45, 2.75) is 32.7 Å². The summed E-state index contributed by atoms with van der Waals surface area (Å²) in [6.07, 6.45) is -4.64. The second kappa shape index (κ2) is 4.23. The van der Waals surface area contributed by atoms with Gasteiger partial charge >= 0.3 is 6.36 Å². The molecule has 1 rings (SSSR count). The predicted molar refractivity (Wildman–Crippen MR) is 56.5 cm³/mol. The zero-order valence-electron chi connectivity index (χ0n) is 9.35. The van der Waals surface area contributed by atoms with Gasteiger partial charge in [0, 0.05) is 11.2 Å². The third-order valence-corrected chi connectivity index (χ3v) is 1.61. The van der Waals surface area contributed by atoms with E-state index in [-0.39, 0.29) is 11.3 Å². The quantitative estimate of drug-likeness (QED) is 0.838. The monoisotopic (exact) mass is 233 g/mol. The summed E-state index contributed by atoms with van der Waals surface area (Å²) in [5, 5.41) is 3.13. The summed E-state index contributed by atoms with van der Waals surface area (Å²) in [4.78, 5) is 0. The Hall–Kier alpha value is -1.39. The van der Waals surface area contributed by atoms with Gasteiger partial charge in [-0.3, -0.25) is 0 Å². The van der Waals surface area contributed by atoms with E-state index in [1.807, 2.05) is 20.8 Å². The molecule has 16 heavy (non-hydrogen) atoms. The van der Waals surface area contributed by atoms with Gasteiger partial charge in [-0.25, -0.2) is 0 Å². The highest BCUT2D eigenvalue weighted by atomic mass is 19.4. The molecule has 1 aromatic rings. The molecule has 0 aliphatic rings. The molecule has 0 spiro atoms. The molecule has 0 aromatic heterocycles. The number of hydrogen-bond acceptors (Lipinski definition) is 2. The van der Waals surface area contributed by atoms with Gasteiger partial charge in [-0.05, 0) is 45.0 Å². The largest absolute Gasteiger partial charge is 0.573 e. The van der Waals surface area contributed by atoms with Gasteiger partial charge in [0.25, 0.3) is 0 Å². The van der Waals surface area contributed by atoms with Gasteiger partial charge in [0.2, 0.25) is 0 Å². The van der Waals surface area contributed by atoms with E-state index in [0.717, 1.165) is 5.69 Å². The maximum atomic E-state index is 11.9. The van der Waals surface area contributed by atoms with E-state index >= 15 is 0 Å². The molecule has 90 valence electrons. The van der Waals surface area contributed by atoms with E-state index in [1.54, 1.807) is 12.1 Å². The Morgan fingerprint density at radius 2 is 1.50 bits per heavy atom. The number of halogens is 3. The Labute approximate surface area is 92.4 Å². The fourth-order valence-corrected chi connectivity index (χ4v) is 1.17. The van der Waals surface area contributed by atoms with Gasteiger partial charge in [0.05, 0.1) is 0 Å². The lowest BCUT2D eigenvalue weighted by atomic mass is 10.1. The molecule has 0 saturated heterocycles. The summed E-state index contributed by atoms with van der Waals surface area (Å²) in [5.74, 6) is -0.216. The number of hydrogen-bond donors (Lipinski definition) is 1. The Bertz CT molecular complexity index is 303. The van der Waals surface area contributed by atoms with E-state index < -0.39 is 6.36 Å². The zero-order chi connectivity index (χ0) is 12.4.